The van der Waals surface area contributed by atoms with Gasteiger partial charge in [-0.2, -0.15) is 0 Å². The van der Waals surface area contributed by atoms with Gasteiger partial charge in [-0.15, -0.1) is 0 Å². The standard InChI is InChI=1S/C10H12N2O2/c11-6-7-12-10(14)9(13)8-4-2-1-3-5-8/h1-5H,6-7,11H2,(H,12,14). The molecular weight excluding hydrogens is 180 g/mol. The third-order valence-electron chi connectivity index (χ3n) is 1.67. The van der Waals surface area contributed by atoms with Gasteiger partial charge in [-0.3, -0.25) is 9.59 Å². The van der Waals surface area contributed by atoms with E-state index in [-0.39, 0.29) is 0 Å². The molecule has 0 heterocycles. The summed E-state index contributed by atoms with van der Waals surface area (Å²) in [6.07, 6.45) is 0. The van der Waals surface area contributed by atoms with Crippen molar-refractivity contribution in [1.29, 1.82) is 0 Å². The third-order valence-corrected chi connectivity index (χ3v) is 1.67. The molecule has 1 rings (SSSR count). The Kier molecular flexibility index (Phi) is 3.82. The van der Waals surface area contributed by atoms with Crippen LogP contribution < -0.4 is 11.1 Å². The molecular formula is C10H12N2O2. The summed E-state index contributed by atoms with van der Waals surface area (Å²) >= 11 is 0. The van der Waals surface area contributed by atoms with Crippen molar-refractivity contribution in [1.82, 2.24) is 5.32 Å². The van der Waals surface area contributed by atoms with Gasteiger partial charge in [0.15, 0.2) is 0 Å². The molecule has 0 radical (unpaired) electrons. The second-order valence-electron chi connectivity index (χ2n) is 2.74. The molecule has 0 fully saturated rings. The molecule has 0 saturated heterocycles. The fourth-order valence-corrected chi connectivity index (χ4v) is 0.987. The molecule has 4 heteroatoms. The lowest BCUT2D eigenvalue weighted by atomic mass is 10.1. The van der Waals surface area contributed by atoms with E-state index in [1.54, 1.807) is 30.3 Å². The van der Waals surface area contributed by atoms with E-state index in [9.17, 15) is 9.59 Å². The Morgan fingerprint density at radius 1 is 1.21 bits per heavy atom. The largest absolute Gasteiger partial charge is 0.348 e. The molecule has 0 aliphatic rings. The zero-order valence-corrected chi connectivity index (χ0v) is 7.69. The number of nitrogens with two attached hydrogens (primary N) is 1. The highest BCUT2D eigenvalue weighted by molar-refractivity contribution is 6.42. The summed E-state index contributed by atoms with van der Waals surface area (Å²) < 4.78 is 0. The van der Waals surface area contributed by atoms with Gasteiger partial charge in [0.25, 0.3) is 5.91 Å². The summed E-state index contributed by atoms with van der Waals surface area (Å²) in [7, 11) is 0. The summed E-state index contributed by atoms with van der Waals surface area (Å²) in [4.78, 5) is 22.6. The van der Waals surface area contributed by atoms with Crippen molar-refractivity contribution in [2.75, 3.05) is 13.1 Å². The molecule has 0 spiro atoms. The lowest BCUT2D eigenvalue weighted by Gasteiger charge is -2.01. The molecule has 3 N–H and O–H groups in total. The van der Waals surface area contributed by atoms with Gasteiger partial charge in [-0.25, -0.2) is 0 Å². The van der Waals surface area contributed by atoms with Gasteiger partial charge < -0.3 is 11.1 Å². The van der Waals surface area contributed by atoms with Crippen LogP contribution in [-0.4, -0.2) is 24.8 Å². The average molecular weight is 192 g/mol. The van der Waals surface area contributed by atoms with E-state index < -0.39 is 11.7 Å². The molecule has 0 unspecified atom stereocenters. The zero-order valence-electron chi connectivity index (χ0n) is 7.69. The summed E-state index contributed by atoms with van der Waals surface area (Å²) in [6, 6.07) is 8.41. The van der Waals surface area contributed by atoms with Crippen LogP contribution in [0.3, 0.4) is 0 Å². The van der Waals surface area contributed by atoms with Gasteiger partial charge in [0.1, 0.15) is 0 Å². The van der Waals surface area contributed by atoms with Crippen molar-refractivity contribution < 1.29 is 9.59 Å². The number of amides is 1. The number of rotatable bonds is 4. The predicted octanol–water partition coefficient (Wildman–Crippen LogP) is -0.0558. The topological polar surface area (TPSA) is 72.2 Å². The molecule has 1 aromatic carbocycles. The molecule has 74 valence electrons. The second kappa shape index (κ2) is 5.14. The summed E-state index contributed by atoms with van der Waals surface area (Å²) in [5.74, 6) is -1.14. The van der Waals surface area contributed by atoms with E-state index in [4.69, 9.17) is 5.73 Å². The quantitative estimate of drug-likeness (QED) is 0.518. The number of Topliss-reactive ketones (excluding diaryl/α,β-unsaturated/α-hetero) is 1. The Bertz CT molecular complexity index is 322. The van der Waals surface area contributed by atoms with Crippen molar-refractivity contribution in [3.8, 4) is 0 Å². The molecule has 1 aromatic rings. The van der Waals surface area contributed by atoms with Crippen LogP contribution in [0.1, 0.15) is 10.4 Å². The van der Waals surface area contributed by atoms with Crippen LogP contribution in [0.2, 0.25) is 0 Å². The van der Waals surface area contributed by atoms with Crippen molar-refractivity contribution in [3.63, 3.8) is 0 Å². The van der Waals surface area contributed by atoms with Crippen LogP contribution in [-0.2, 0) is 4.79 Å². The van der Waals surface area contributed by atoms with E-state index in [2.05, 4.69) is 5.32 Å². The number of ketones is 1. The van der Waals surface area contributed by atoms with Gasteiger partial charge in [0.2, 0.25) is 5.78 Å². The minimum atomic E-state index is -0.610. The van der Waals surface area contributed by atoms with E-state index in [0.29, 0.717) is 18.7 Å². The van der Waals surface area contributed by atoms with Crippen molar-refractivity contribution >= 4 is 11.7 Å². The first-order chi connectivity index (χ1) is 6.75. The Morgan fingerprint density at radius 2 is 1.86 bits per heavy atom. The summed E-state index contributed by atoms with van der Waals surface area (Å²) in [6.45, 7) is 0.644. The molecule has 0 aliphatic carbocycles. The highest BCUT2D eigenvalue weighted by Gasteiger charge is 2.14. The first kappa shape index (κ1) is 10.4. The number of benzene rings is 1. The average Bonchev–Trinajstić information content (AvgIpc) is 2.26. The van der Waals surface area contributed by atoms with Crippen LogP contribution in [0.4, 0.5) is 0 Å². The van der Waals surface area contributed by atoms with E-state index in [1.807, 2.05) is 0 Å². The smallest absolute Gasteiger partial charge is 0.292 e. The second-order valence-corrected chi connectivity index (χ2v) is 2.74. The first-order valence-corrected chi connectivity index (χ1v) is 4.33. The minimum absolute atomic E-state index is 0.317. The van der Waals surface area contributed by atoms with Crippen molar-refractivity contribution in [2.24, 2.45) is 5.73 Å². The number of hydrogen-bond donors (Lipinski definition) is 2. The van der Waals surface area contributed by atoms with Gasteiger partial charge in [-0.05, 0) is 0 Å². The Labute approximate surface area is 82.1 Å². The molecule has 1 amide bonds. The molecule has 0 saturated carbocycles. The molecule has 0 aliphatic heterocycles. The minimum Gasteiger partial charge on any atom is -0.348 e. The Morgan fingerprint density at radius 3 is 2.43 bits per heavy atom. The number of carbonyl (C=O) groups is 2. The summed E-state index contributed by atoms with van der Waals surface area (Å²) in [5.41, 5.74) is 5.58. The molecule has 0 atom stereocenters. The highest BCUT2D eigenvalue weighted by atomic mass is 16.2. The third kappa shape index (κ3) is 2.67. The van der Waals surface area contributed by atoms with Gasteiger partial charge >= 0.3 is 0 Å². The number of nitrogens with one attached hydrogen (secondary N) is 1. The van der Waals surface area contributed by atoms with Crippen molar-refractivity contribution in [2.45, 2.75) is 0 Å². The lowest BCUT2D eigenvalue weighted by Crippen LogP contribution is -2.34. The monoisotopic (exact) mass is 192 g/mol. The molecule has 4 nitrogen and oxygen atoms in total. The fraction of sp³-hybridized carbons (Fsp3) is 0.200. The van der Waals surface area contributed by atoms with Crippen molar-refractivity contribution in [3.05, 3.63) is 35.9 Å². The van der Waals surface area contributed by atoms with Crippen LogP contribution in [0.5, 0.6) is 0 Å². The first-order valence-electron chi connectivity index (χ1n) is 4.33. The fourth-order valence-electron chi connectivity index (χ4n) is 0.987. The maximum Gasteiger partial charge on any atom is 0.292 e. The van der Waals surface area contributed by atoms with Gasteiger partial charge in [0.05, 0.1) is 0 Å². The molecule has 0 bridgehead atoms. The predicted molar refractivity (Wildman–Crippen MR) is 52.8 cm³/mol. The van der Waals surface area contributed by atoms with Crippen LogP contribution in [0.25, 0.3) is 0 Å². The van der Waals surface area contributed by atoms with Gasteiger partial charge in [-0.1, -0.05) is 30.3 Å². The Hall–Kier alpha value is -1.68. The summed E-state index contributed by atoms with van der Waals surface area (Å²) in [5, 5.41) is 2.42. The van der Waals surface area contributed by atoms with E-state index in [1.165, 1.54) is 0 Å². The maximum absolute atomic E-state index is 11.4. The van der Waals surface area contributed by atoms with Gasteiger partial charge in [0, 0.05) is 18.7 Å². The SMILES string of the molecule is NCCNC(=O)C(=O)c1ccccc1. The van der Waals surface area contributed by atoms with E-state index >= 15 is 0 Å². The van der Waals surface area contributed by atoms with E-state index in [0.717, 1.165) is 0 Å². The van der Waals surface area contributed by atoms with Crippen LogP contribution >= 0.6 is 0 Å². The molecule has 0 aromatic heterocycles. The maximum atomic E-state index is 11.4. The number of hydrogen-bond acceptors (Lipinski definition) is 3. The lowest BCUT2D eigenvalue weighted by molar-refractivity contribution is -0.116. The number of carbonyl (C=O) groups excluding carboxylic acids is 2. The highest BCUT2D eigenvalue weighted by Crippen LogP contribution is 1.99. The molecule has 14 heavy (non-hydrogen) atoms. The Balaban J connectivity index is 2.62. The zero-order chi connectivity index (χ0) is 10.4. The van der Waals surface area contributed by atoms with Crippen LogP contribution in [0.15, 0.2) is 30.3 Å². The van der Waals surface area contributed by atoms with Crippen LogP contribution in [0, 0.1) is 0 Å². The normalized spacial score (nSPS) is 9.50.